The second-order valence-corrected chi connectivity index (χ2v) is 10.6. The number of anilines is 1. The van der Waals surface area contributed by atoms with E-state index in [1.807, 2.05) is 26.2 Å². The molecule has 3 aromatic rings. The maximum Gasteiger partial charge on any atom is 0.441 e. The van der Waals surface area contributed by atoms with Crippen molar-refractivity contribution in [2.75, 3.05) is 39.2 Å². The molecule has 2 atom stereocenters. The van der Waals surface area contributed by atoms with Gasteiger partial charge < -0.3 is 24.7 Å². The molecule has 0 spiro atoms. The third kappa shape index (κ3) is 8.22. The Balaban J connectivity index is 1.49. The van der Waals surface area contributed by atoms with Gasteiger partial charge in [-0.25, -0.2) is 4.79 Å². The fraction of sp³-hybridized carbons (Fsp3) is 0.552. The van der Waals surface area contributed by atoms with Crippen molar-refractivity contribution >= 4 is 33.6 Å². The third-order valence-electron chi connectivity index (χ3n) is 7.17. The van der Waals surface area contributed by atoms with E-state index in [-0.39, 0.29) is 18.3 Å². The van der Waals surface area contributed by atoms with Crippen LogP contribution in [0.15, 0.2) is 39.7 Å². The van der Waals surface area contributed by atoms with Crippen LogP contribution in [-0.2, 0) is 9.53 Å². The minimum absolute atomic E-state index is 0.139. The van der Waals surface area contributed by atoms with E-state index in [1.165, 1.54) is 19.3 Å². The molecule has 2 unspecified atom stereocenters. The molecule has 1 aliphatic carbocycles. The Bertz CT molecular complexity index is 1350. The fourth-order valence-electron chi connectivity index (χ4n) is 5.05. The van der Waals surface area contributed by atoms with Crippen LogP contribution in [0, 0.1) is 17.2 Å². The standard InChI is InChI=1S/C29H38N6O4/c1-35(2)14-7-6-12-24(28(36)32-22(17-30)19-38-18-20-9-4-3-5-10-20)33-27-23-16-25-21(11-8-13-31-25)15-26(23)39-29(37)34-27/h8,11,13,15-16,20,22,24H,3-7,9-10,12,14,18-19H2,1-2H3,(H,32,36)(H,33,34,37). The normalized spacial score (nSPS) is 15.7. The van der Waals surface area contributed by atoms with Gasteiger partial charge in [-0.15, -0.1) is 0 Å². The van der Waals surface area contributed by atoms with Crippen molar-refractivity contribution in [2.24, 2.45) is 5.92 Å². The van der Waals surface area contributed by atoms with Crippen LogP contribution < -0.4 is 16.4 Å². The van der Waals surface area contributed by atoms with Crippen LogP contribution in [-0.4, -0.2) is 66.7 Å². The number of hydrogen-bond acceptors (Lipinski definition) is 9. The zero-order valence-corrected chi connectivity index (χ0v) is 22.8. The maximum absolute atomic E-state index is 13.4. The van der Waals surface area contributed by atoms with Crippen LogP contribution in [0.5, 0.6) is 0 Å². The van der Waals surface area contributed by atoms with Crippen molar-refractivity contribution in [1.29, 1.82) is 5.26 Å². The first kappa shape index (κ1) is 28.5. The second kappa shape index (κ2) is 14.0. The molecule has 0 bridgehead atoms. The highest BCUT2D eigenvalue weighted by atomic mass is 16.5. The molecule has 1 saturated carbocycles. The molecule has 10 heteroatoms. The maximum atomic E-state index is 13.4. The van der Waals surface area contributed by atoms with Crippen molar-refractivity contribution in [3.05, 3.63) is 41.0 Å². The predicted molar refractivity (Wildman–Crippen MR) is 150 cm³/mol. The number of nitriles is 1. The Morgan fingerprint density at radius 3 is 2.85 bits per heavy atom. The molecule has 2 heterocycles. The van der Waals surface area contributed by atoms with Crippen molar-refractivity contribution in [1.82, 2.24) is 20.2 Å². The van der Waals surface area contributed by atoms with Crippen molar-refractivity contribution in [3.63, 3.8) is 0 Å². The summed E-state index contributed by atoms with van der Waals surface area (Å²) < 4.78 is 11.2. The monoisotopic (exact) mass is 534 g/mol. The number of rotatable bonds is 13. The van der Waals surface area contributed by atoms with E-state index in [2.05, 4.69) is 31.6 Å². The first-order chi connectivity index (χ1) is 18.9. The number of carbonyl (C=O) groups is 1. The summed E-state index contributed by atoms with van der Waals surface area (Å²) in [6.07, 6.45) is 9.87. The highest BCUT2D eigenvalue weighted by molar-refractivity contribution is 5.99. The Hall–Kier alpha value is -3.55. The van der Waals surface area contributed by atoms with Crippen LogP contribution in [0.3, 0.4) is 0 Å². The topological polar surface area (TPSA) is 133 Å². The molecular weight excluding hydrogens is 496 g/mol. The lowest BCUT2D eigenvalue weighted by Crippen LogP contribution is -2.46. The van der Waals surface area contributed by atoms with E-state index in [4.69, 9.17) is 9.15 Å². The summed E-state index contributed by atoms with van der Waals surface area (Å²) in [4.78, 5) is 36.2. The summed E-state index contributed by atoms with van der Waals surface area (Å²) in [5.74, 6) is -0.320. The molecule has 1 aliphatic rings. The molecular formula is C29H38N6O4. The van der Waals surface area contributed by atoms with Crippen LogP contribution in [0.4, 0.5) is 5.82 Å². The quantitative estimate of drug-likeness (QED) is 0.248. The summed E-state index contributed by atoms with van der Waals surface area (Å²) in [7, 11) is 4.01. The fourth-order valence-corrected chi connectivity index (χ4v) is 5.05. The van der Waals surface area contributed by atoms with E-state index < -0.39 is 17.8 Å². The molecule has 1 amide bonds. The summed E-state index contributed by atoms with van der Waals surface area (Å²) >= 11 is 0. The molecule has 2 N–H and O–H groups in total. The first-order valence-corrected chi connectivity index (χ1v) is 13.8. The van der Waals surface area contributed by atoms with Crippen molar-refractivity contribution in [3.8, 4) is 6.07 Å². The summed E-state index contributed by atoms with van der Waals surface area (Å²) in [6.45, 7) is 1.63. The van der Waals surface area contributed by atoms with Gasteiger partial charge in [0.25, 0.3) is 0 Å². The van der Waals surface area contributed by atoms with Gasteiger partial charge >= 0.3 is 5.76 Å². The van der Waals surface area contributed by atoms with E-state index in [9.17, 15) is 14.9 Å². The number of carbonyl (C=O) groups excluding carboxylic acids is 1. The van der Waals surface area contributed by atoms with Crippen LogP contribution in [0.2, 0.25) is 0 Å². The number of unbranched alkanes of at least 4 members (excludes halogenated alkanes) is 1. The van der Waals surface area contributed by atoms with E-state index in [0.717, 1.165) is 43.1 Å². The molecule has 208 valence electrons. The SMILES string of the molecule is CN(C)CCCCC(Nc1nc(=O)oc2cc3cccnc3cc12)C(=O)NC(C#N)COCC1CCCCC1. The van der Waals surface area contributed by atoms with E-state index in [1.54, 1.807) is 18.3 Å². The molecule has 2 aromatic heterocycles. The lowest BCUT2D eigenvalue weighted by Gasteiger charge is -2.23. The molecule has 0 saturated heterocycles. The van der Waals surface area contributed by atoms with Gasteiger partial charge in [0.05, 0.1) is 23.6 Å². The molecule has 10 nitrogen and oxygen atoms in total. The van der Waals surface area contributed by atoms with Gasteiger partial charge in [-0.05, 0) is 76.9 Å². The van der Waals surface area contributed by atoms with Crippen LogP contribution in [0.25, 0.3) is 21.9 Å². The van der Waals surface area contributed by atoms with Gasteiger partial charge in [0.1, 0.15) is 23.5 Å². The highest BCUT2D eigenvalue weighted by Crippen LogP contribution is 2.26. The van der Waals surface area contributed by atoms with Gasteiger partial charge in [-0.1, -0.05) is 25.3 Å². The molecule has 1 fully saturated rings. The highest BCUT2D eigenvalue weighted by Gasteiger charge is 2.24. The molecule has 0 aliphatic heterocycles. The largest absolute Gasteiger partial charge is 0.441 e. The van der Waals surface area contributed by atoms with Gasteiger partial charge in [-0.2, -0.15) is 10.2 Å². The zero-order valence-electron chi connectivity index (χ0n) is 22.8. The second-order valence-electron chi connectivity index (χ2n) is 10.6. The van der Waals surface area contributed by atoms with Crippen molar-refractivity contribution in [2.45, 2.75) is 63.5 Å². The van der Waals surface area contributed by atoms with Crippen LogP contribution in [0.1, 0.15) is 51.4 Å². The summed E-state index contributed by atoms with van der Waals surface area (Å²) in [5, 5.41) is 17.1. The van der Waals surface area contributed by atoms with Gasteiger partial charge in [-0.3, -0.25) is 9.78 Å². The number of nitrogens with zero attached hydrogens (tertiary/aromatic N) is 4. The summed E-state index contributed by atoms with van der Waals surface area (Å²) in [5.41, 5.74) is 1.08. The lowest BCUT2D eigenvalue weighted by molar-refractivity contribution is -0.122. The van der Waals surface area contributed by atoms with E-state index in [0.29, 0.717) is 29.9 Å². The summed E-state index contributed by atoms with van der Waals surface area (Å²) in [6, 6.07) is 7.90. The van der Waals surface area contributed by atoms with Gasteiger partial charge in [0.15, 0.2) is 0 Å². The average molecular weight is 535 g/mol. The lowest BCUT2D eigenvalue weighted by atomic mass is 9.90. The first-order valence-electron chi connectivity index (χ1n) is 13.8. The van der Waals surface area contributed by atoms with Gasteiger partial charge in [0, 0.05) is 18.2 Å². The smallest absolute Gasteiger partial charge is 0.408 e. The van der Waals surface area contributed by atoms with Gasteiger partial charge in [0.2, 0.25) is 5.91 Å². The van der Waals surface area contributed by atoms with Crippen molar-refractivity contribution < 1.29 is 13.9 Å². The van der Waals surface area contributed by atoms with Crippen LogP contribution >= 0.6 is 0 Å². The average Bonchev–Trinajstić information content (AvgIpc) is 2.93. The zero-order chi connectivity index (χ0) is 27.6. The Labute approximate surface area is 228 Å². The molecule has 1 aromatic carbocycles. The van der Waals surface area contributed by atoms with E-state index >= 15 is 0 Å². The molecule has 0 radical (unpaired) electrons. The number of hydrogen-bond donors (Lipinski definition) is 2. The number of amides is 1. The minimum Gasteiger partial charge on any atom is -0.408 e. The Kier molecular flexibility index (Phi) is 10.2. The molecule has 4 rings (SSSR count). The third-order valence-corrected chi connectivity index (χ3v) is 7.17. The number of ether oxygens (including phenoxy) is 1. The number of aromatic nitrogens is 2. The Morgan fingerprint density at radius 2 is 2.08 bits per heavy atom. The number of fused-ring (bicyclic) bond motifs is 2. The predicted octanol–water partition coefficient (Wildman–Crippen LogP) is 3.85. The number of nitrogens with one attached hydrogen (secondary N) is 2. The Morgan fingerprint density at radius 1 is 1.26 bits per heavy atom. The minimum atomic E-state index is -0.772. The molecule has 39 heavy (non-hydrogen) atoms. The number of pyridine rings is 1. The number of benzene rings is 1.